The average molecular weight is 355 g/mol. The molecule has 0 unspecified atom stereocenters. The third kappa shape index (κ3) is 6.59. The van der Waals surface area contributed by atoms with Crippen molar-refractivity contribution >= 4 is 34.6 Å². The van der Waals surface area contributed by atoms with E-state index in [1.807, 2.05) is 13.8 Å². The van der Waals surface area contributed by atoms with Gasteiger partial charge in [-0.05, 0) is 26.1 Å². The minimum atomic E-state index is -0.184. The van der Waals surface area contributed by atoms with Gasteiger partial charge in [-0.15, -0.1) is 0 Å². The van der Waals surface area contributed by atoms with Crippen molar-refractivity contribution in [2.75, 3.05) is 44.1 Å². The zero-order chi connectivity index (χ0) is 17.9. The van der Waals surface area contributed by atoms with Crippen molar-refractivity contribution in [2.24, 2.45) is 0 Å². The van der Waals surface area contributed by atoms with Crippen LogP contribution >= 0.6 is 12.2 Å². The highest BCUT2D eigenvalue weighted by molar-refractivity contribution is 7.80. The third-order valence-electron chi connectivity index (χ3n) is 2.83. The molecule has 0 fully saturated rings. The number of anilines is 2. The normalized spacial score (nSPS) is 10.0. The summed E-state index contributed by atoms with van der Waals surface area (Å²) in [5.41, 5.74) is 1.21. The van der Waals surface area contributed by atoms with E-state index in [1.54, 1.807) is 19.2 Å². The number of hydrogen-bond donors (Lipinski definition) is 3. The molecule has 0 aliphatic heterocycles. The van der Waals surface area contributed by atoms with E-state index in [-0.39, 0.29) is 5.91 Å². The molecule has 1 aromatic carbocycles. The average Bonchev–Trinajstić information content (AvgIpc) is 2.51. The SMILES string of the molecule is CCOc1cc(NC(=S)NCCOC)c(OCC)cc1NC(C)=O. The monoisotopic (exact) mass is 355 g/mol. The maximum atomic E-state index is 11.4. The Hall–Kier alpha value is -2.06. The van der Waals surface area contributed by atoms with Gasteiger partial charge in [0, 0.05) is 32.7 Å². The maximum absolute atomic E-state index is 11.4. The van der Waals surface area contributed by atoms with E-state index in [2.05, 4.69) is 16.0 Å². The van der Waals surface area contributed by atoms with E-state index in [4.69, 9.17) is 26.4 Å². The van der Waals surface area contributed by atoms with Crippen LogP contribution in [0.2, 0.25) is 0 Å². The predicted molar refractivity (Wildman–Crippen MR) is 99.2 cm³/mol. The second-order valence-corrected chi connectivity index (χ2v) is 5.17. The molecule has 0 spiro atoms. The van der Waals surface area contributed by atoms with Gasteiger partial charge in [0.1, 0.15) is 11.5 Å². The molecule has 1 amide bonds. The van der Waals surface area contributed by atoms with Crippen LogP contribution in [-0.2, 0) is 9.53 Å². The van der Waals surface area contributed by atoms with Crippen molar-refractivity contribution in [3.63, 3.8) is 0 Å². The van der Waals surface area contributed by atoms with Gasteiger partial charge in [0.2, 0.25) is 5.91 Å². The smallest absolute Gasteiger partial charge is 0.221 e. The number of amides is 1. The van der Waals surface area contributed by atoms with E-state index >= 15 is 0 Å². The van der Waals surface area contributed by atoms with Crippen molar-refractivity contribution in [2.45, 2.75) is 20.8 Å². The third-order valence-corrected chi connectivity index (χ3v) is 3.08. The first-order chi connectivity index (χ1) is 11.5. The van der Waals surface area contributed by atoms with Gasteiger partial charge in [0.05, 0.1) is 31.2 Å². The molecule has 0 heterocycles. The number of ether oxygens (including phenoxy) is 3. The summed E-state index contributed by atoms with van der Waals surface area (Å²) in [5, 5.41) is 9.30. The fourth-order valence-corrected chi connectivity index (χ4v) is 2.14. The molecule has 0 aromatic heterocycles. The number of methoxy groups -OCH3 is 1. The highest BCUT2D eigenvalue weighted by Crippen LogP contribution is 2.36. The lowest BCUT2D eigenvalue weighted by atomic mass is 10.2. The summed E-state index contributed by atoms with van der Waals surface area (Å²) >= 11 is 5.26. The van der Waals surface area contributed by atoms with Gasteiger partial charge in [-0.2, -0.15) is 0 Å². The van der Waals surface area contributed by atoms with Crippen molar-refractivity contribution in [3.05, 3.63) is 12.1 Å². The van der Waals surface area contributed by atoms with Crippen LogP contribution in [-0.4, -0.2) is 44.5 Å². The molecule has 1 rings (SSSR count). The van der Waals surface area contributed by atoms with Crippen molar-refractivity contribution in [1.82, 2.24) is 5.32 Å². The number of nitrogens with one attached hydrogen (secondary N) is 3. The molecule has 24 heavy (non-hydrogen) atoms. The van der Waals surface area contributed by atoms with E-state index in [1.165, 1.54) is 6.92 Å². The van der Waals surface area contributed by atoms with Crippen molar-refractivity contribution < 1.29 is 19.0 Å². The quantitative estimate of drug-likeness (QED) is 0.463. The Morgan fingerprint density at radius 2 is 1.62 bits per heavy atom. The first-order valence-electron chi connectivity index (χ1n) is 7.76. The second-order valence-electron chi connectivity index (χ2n) is 4.77. The van der Waals surface area contributed by atoms with E-state index in [0.29, 0.717) is 54.4 Å². The Morgan fingerprint density at radius 3 is 2.08 bits per heavy atom. The van der Waals surface area contributed by atoms with E-state index in [9.17, 15) is 4.79 Å². The Morgan fingerprint density at radius 1 is 1.08 bits per heavy atom. The maximum Gasteiger partial charge on any atom is 0.221 e. The van der Waals surface area contributed by atoms with Crippen LogP contribution in [0.15, 0.2) is 12.1 Å². The topological polar surface area (TPSA) is 80.8 Å². The molecular formula is C16H25N3O4S. The molecule has 0 saturated carbocycles. The Balaban J connectivity index is 3.04. The lowest BCUT2D eigenvalue weighted by molar-refractivity contribution is -0.114. The lowest BCUT2D eigenvalue weighted by Crippen LogP contribution is -2.31. The first-order valence-corrected chi connectivity index (χ1v) is 8.17. The zero-order valence-electron chi connectivity index (χ0n) is 14.5. The standard InChI is InChI=1S/C16H25N3O4S/c1-5-22-14-10-13(19-16(24)17-7-8-21-4)15(23-6-2)9-12(14)18-11(3)20/h9-10H,5-8H2,1-4H3,(H,18,20)(H2,17,19,24). The summed E-state index contributed by atoms with van der Waals surface area (Å²) in [6.07, 6.45) is 0. The molecule has 3 N–H and O–H groups in total. The molecule has 134 valence electrons. The van der Waals surface area contributed by atoms with Gasteiger partial charge in [-0.3, -0.25) is 4.79 Å². The first kappa shape index (κ1) is 20.0. The lowest BCUT2D eigenvalue weighted by Gasteiger charge is -2.18. The summed E-state index contributed by atoms with van der Waals surface area (Å²) in [7, 11) is 1.63. The number of benzene rings is 1. The number of carbonyl (C=O) groups excluding carboxylic acids is 1. The minimum Gasteiger partial charge on any atom is -0.492 e. The van der Waals surface area contributed by atoms with Gasteiger partial charge < -0.3 is 30.2 Å². The van der Waals surface area contributed by atoms with Crippen LogP contribution in [0, 0.1) is 0 Å². The van der Waals surface area contributed by atoms with Crippen LogP contribution < -0.4 is 25.4 Å². The van der Waals surface area contributed by atoms with Gasteiger partial charge in [-0.1, -0.05) is 0 Å². The molecule has 7 nitrogen and oxygen atoms in total. The van der Waals surface area contributed by atoms with E-state index < -0.39 is 0 Å². The van der Waals surface area contributed by atoms with Crippen LogP contribution in [0.4, 0.5) is 11.4 Å². The molecule has 0 aliphatic carbocycles. The fraction of sp³-hybridized carbons (Fsp3) is 0.500. The molecule has 0 atom stereocenters. The predicted octanol–water partition coefficient (Wildman–Crippen LogP) is 2.38. The van der Waals surface area contributed by atoms with Gasteiger partial charge in [-0.25, -0.2) is 0 Å². The zero-order valence-corrected chi connectivity index (χ0v) is 15.3. The molecule has 1 aromatic rings. The highest BCUT2D eigenvalue weighted by atomic mass is 32.1. The van der Waals surface area contributed by atoms with Crippen molar-refractivity contribution in [3.8, 4) is 11.5 Å². The fourth-order valence-electron chi connectivity index (χ4n) is 1.93. The summed E-state index contributed by atoms with van der Waals surface area (Å²) in [6.45, 7) is 7.28. The molecule has 0 radical (unpaired) electrons. The van der Waals surface area contributed by atoms with Crippen LogP contribution in [0.1, 0.15) is 20.8 Å². The number of hydrogen-bond acceptors (Lipinski definition) is 5. The minimum absolute atomic E-state index is 0.184. The van der Waals surface area contributed by atoms with Crippen LogP contribution in [0.5, 0.6) is 11.5 Å². The van der Waals surface area contributed by atoms with Crippen LogP contribution in [0.25, 0.3) is 0 Å². The van der Waals surface area contributed by atoms with Crippen molar-refractivity contribution in [1.29, 1.82) is 0 Å². The summed E-state index contributed by atoms with van der Waals surface area (Å²) < 4.78 is 16.2. The highest BCUT2D eigenvalue weighted by Gasteiger charge is 2.14. The number of thiocarbonyl (C=S) groups is 1. The number of carbonyl (C=O) groups is 1. The summed E-state index contributed by atoms with van der Waals surface area (Å²) in [5.74, 6) is 0.926. The van der Waals surface area contributed by atoms with E-state index in [0.717, 1.165) is 0 Å². The Bertz CT molecular complexity index is 566. The number of rotatable bonds is 9. The molecule has 8 heteroatoms. The Labute approximate surface area is 148 Å². The molecule has 0 bridgehead atoms. The Kier molecular flexibility index (Phi) is 8.88. The molecule has 0 aliphatic rings. The summed E-state index contributed by atoms with van der Waals surface area (Å²) in [4.78, 5) is 11.4. The largest absolute Gasteiger partial charge is 0.492 e. The van der Waals surface area contributed by atoms with Gasteiger partial charge >= 0.3 is 0 Å². The summed E-state index contributed by atoms with van der Waals surface area (Å²) in [6, 6.07) is 3.47. The van der Waals surface area contributed by atoms with Crippen LogP contribution in [0.3, 0.4) is 0 Å². The molecule has 0 saturated heterocycles. The second kappa shape index (κ2) is 10.7. The van der Waals surface area contributed by atoms with Gasteiger partial charge in [0.15, 0.2) is 5.11 Å². The van der Waals surface area contributed by atoms with Gasteiger partial charge in [0.25, 0.3) is 0 Å². The molecular weight excluding hydrogens is 330 g/mol.